The molecule has 1 aliphatic carbocycles. The van der Waals surface area contributed by atoms with Crippen LogP contribution in [0, 0.1) is 5.92 Å². The summed E-state index contributed by atoms with van der Waals surface area (Å²) >= 11 is 0. The van der Waals surface area contributed by atoms with Crippen molar-refractivity contribution in [3.05, 3.63) is 0 Å². The van der Waals surface area contributed by atoms with Gasteiger partial charge in [0.1, 0.15) is 6.04 Å². The zero-order valence-electron chi connectivity index (χ0n) is 12.0. The smallest absolute Gasteiger partial charge is 0.245 e. The van der Waals surface area contributed by atoms with E-state index in [1.54, 1.807) is 7.11 Å². The summed E-state index contributed by atoms with van der Waals surface area (Å²) in [6.45, 7) is 4.45. The number of ether oxygens (including phenoxy) is 1. The predicted octanol–water partition coefficient (Wildman–Crippen LogP) is 0.927. The summed E-state index contributed by atoms with van der Waals surface area (Å²) < 4.78 is 5.49. The van der Waals surface area contributed by atoms with Crippen LogP contribution in [-0.4, -0.2) is 48.6 Å². The van der Waals surface area contributed by atoms with Crippen molar-refractivity contribution in [2.24, 2.45) is 5.92 Å². The number of amides is 2. The molecule has 1 heterocycles. The fraction of sp³-hybridized carbons (Fsp3) is 0.857. The van der Waals surface area contributed by atoms with Gasteiger partial charge in [0, 0.05) is 20.1 Å². The third-order valence-corrected chi connectivity index (χ3v) is 4.23. The molecule has 19 heavy (non-hydrogen) atoms. The topological polar surface area (TPSA) is 58.6 Å². The van der Waals surface area contributed by atoms with Gasteiger partial charge in [-0.2, -0.15) is 0 Å². The van der Waals surface area contributed by atoms with Gasteiger partial charge in [0.25, 0.3) is 0 Å². The Balaban J connectivity index is 2.18. The van der Waals surface area contributed by atoms with Crippen LogP contribution in [0.3, 0.4) is 0 Å². The van der Waals surface area contributed by atoms with Gasteiger partial charge in [-0.15, -0.1) is 0 Å². The van der Waals surface area contributed by atoms with Gasteiger partial charge in [-0.05, 0) is 25.2 Å². The molecule has 5 nitrogen and oxygen atoms in total. The fourth-order valence-electron chi connectivity index (χ4n) is 3.14. The van der Waals surface area contributed by atoms with E-state index in [0.717, 1.165) is 19.3 Å². The van der Waals surface area contributed by atoms with Crippen LogP contribution in [0.1, 0.15) is 39.5 Å². The van der Waals surface area contributed by atoms with Crippen LogP contribution in [0.25, 0.3) is 0 Å². The van der Waals surface area contributed by atoms with Crippen LogP contribution < -0.4 is 5.32 Å². The number of nitrogens with one attached hydrogen (secondary N) is 1. The van der Waals surface area contributed by atoms with Gasteiger partial charge >= 0.3 is 0 Å². The lowest BCUT2D eigenvalue weighted by Crippen LogP contribution is -2.52. The van der Waals surface area contributed by atoms with Crippen LogP contribution in [-0.2, 0) is 14.3 Å². The Labute approximate surface area is 114 Å². The highest BCUT2D eigenvalue weighted by molar-refractivity contribution is 5.90. The molecule has 2 amide bonds. The number of carbonyl (C=O) groups is 2. The van der Waals surface area contributed by atoms with Crippen LogP contribution >= 0.6 is 0 Å². The quantitative estimate of drug-likeness (QED) is 0.828. The normalized spacial score (nSPS) is 32.6. The first kappa shape index (κ1) is 14.3. The Morgan fingerprint density at radius 1 is 1.32 bits per heavy atom. The average molecular weight is 268 g/mol. The van der Waals surface area contributed by atoms with Crippen molar-refractivity contribution in [3.63, 3.8) is 0 Å². The van der Waals surface area contributed by atoms with E-state index in [4.69, 9.17) is 4.74 Å². The third-order valence-electron chi connectivity index (χ3n) is 4.23. The summed E-state index contributed by atoms with van der Waals surface area (Å²) in [6, 6.07) is -0.264. The molecule has 0 aromatic heterocycles. The van der Waals surface area contributed by atoms with Gasteiger partial charge in [-0.25, -0.2) is 0 Å². The molecule has 2 fully saturated rings. The van der Waals surface area contributed by atoms with Crippen molar-refractivity contribution in [2.45, 2.75) is 57.7 Å². The minimum absolute atomic E-state index is 0.0264. The van der Waals surface area contributed by atoms with Crippen molar-refractivity contribution >= 4 is 11.8 Å². The first-order valence-electron chi connectivity index (χ1n) is 7.17. The molecule has 108 valence electrons. The maximum Gasteiger partial charge on any atom is 0.245 e. The van der Waals surface area contributed by atoms with Crippen molar-refractivity contribution < 1.29 is 14.3 Å². The van der Waals surface area contributed by atoms with E-state index >= 15 is 0 Å². The molecule has 1 aliphatic heterocycles. The highest BCUT2D eigenvalue weighted by atomic mass is 16.5. The Hall–Kier alpha value is -1.10. The Morgan fingerprint density at radius 3 is 2.68 bits per heavy atom. The van der Waals surface area contributed by atoms with E-state index in [1.165, 1.54) is 0 Å². The number of hydrogen-bond acceptors (Lipinski definition) is 3. The third kappa shape index (κ3) is 2.91. The predicted molar refractivity (Wildman–Crippen MR) is 71.5 cm³/mol. The average Bonchev–Trinajstić information content (AvgIpc) is 2.78. The van der Waals surface area contributed by atoms with E-state index in [-0.39, 0.29) is 29.9 Å². The second-order valence-corrected chi connectivity index (χ2v) is 5.84. The van der Waals surface area contributed by atoms with Crippen molar-refractivity contribution in [1.82, 2.24) is 10.2 Å². The lowest BCUT2D eigenvalue weighted by atomic mass is 10.0. The van der Waals surface area contributed by atoms with Gasteiger partial charge in [0.2, 0.25) is 11.8 Å². The summed E-state index contributed by atoms with van der Waals surface area (Å²) in [5.74, 6) is 0.135. The van der Waals surface area contributed by atoms with Gasteiger partial charge in [-0.3, -0.25) is 9.59 Å². The van der Waals surface area contributed by atoms with Crippen LogP contribution in [0.4, 0.5) is 0 Å². The first-order chi connectivity index (χ1) is 9.04. The molecule has 5 heteroatoms. The van der Waals surface area contributed by atoms with Crippen molar-refractivity contribution in [3.8, 4) is 0 Å². The van der Waals surface area contributed by atoms with E-state index in [1.807, 2.05) is 18.7 Å². The molecule has 0 spiro atoms. The van der Waals surface area contributed by atoms with E-state index in [0.29, 0.717) is 13.0 Å². The van der Waals surface area contributed by atoms with E-state index in [2.05, 4.69) is 5.32 Å². The van der Waals surface area contributed by atoms with Gasteiger partial charge in [0.05, 0.1) is 12.1 Å². The molecule has 1 saturated heterocycles. The second kappa shape index (κ2) is 5.90. The number of nitrogens with zero attached hydrogens (tertiary/aromatic N) is 1. The summed E-state index contributed by atoms with van der Waals surface area (Å²) in [5.41, 5.74) is 0. The van der Waals surface area contributed by atoms with Crippen LogP contribution in [0.2, 0.25) is 0 Å². The van der Waals surface area contributed by atoms with Crippen molar-refractivity contribution in [2.75, 3.05) is 13.7 Å². The molecule has 2 rings (SSSR count). The van der Waals surface area contributed by atoms with Gasteiger partial charge < -0.3 is 15.0 Å². The molecule has 3 atom stereocenters. The minimum Gasteiger partial charge on any atom is -0.379 e. The summed E-state index contributed by atoms with van der Waals surface area (Å²) in [4.78, 5) is 26.2. The molecule has 2 aliphatic rings. The van der Waals surface area contributed by atoms with Gasteiger partial charge in [0.15, 0.2) is 0 Å². The summed E-state index contributed by atoms with van der Waals surface area (Å²) in [5, 5.41) is 2.84. The number of methoxy groups -OCH3 is 1. The number of carbonyl (C=O) groups excluding carboxylic acids is 2. The maximum atomic E-state index is 12.6. The first-order valence-corrected chi connectivity index (χ1v) is 7.17. The minimum atomic E-state index is -0.395. The lowest BCUT2D eigenvalue weighted by Gasteiger charge is -2.33. The molecule has 0 aromatic carbocycles. The summed E-state index contributed by atoms with van der Waals surface area (Å²) in [7, 11) is 1.70. The van der Waals surface area contributed by atoms with E-state index < -0.39 is 6.04 Å². The second-order valence-electron chi connectivity index (χ2n) is 5.84. The monoisotopic (exact) mass is 268 g/mol. The summed E-state index contributed by atoms with van der Waals surface area (Å²) in [6.07, 6.45) is 3.56. The molecule has 0 radical (unpaired) electrons. The highest BCUT2D eigenvalue weighted by Crippen LogP contribution is 2.28. The van der Waals surface area contributed by atoms with Crippen LogP contribution in [0.15, 0.2) is 0 Å². The molecular formula is C14H24N2O3. The molecular weight excluding hydrogens is 244 g/mol. The zero-order valence-corrected chi connectivity index (χ0v) is 12.0. The largest absolute Gasteiger partial charge is 0.379 e. The molecule has 3 unspecified atom stereocenters. The van der Waals surface area contributed by atoms with Crippen LogP contribution in [0.5, 0.6) is 0 Å². The molecule has 1 saturated carbocycles. The number of hydrogen-bond donors (Lipinski definition) is 1. The Kier molecular flexibility index (Phi) is 4.45. The maximum absolute atomic E-state index is 12.6. The fourth-order valence-corrected chi connectivity index (χ4v) is 3.14. The molecule has 0 bridgehead atoms. The lowest BCUT2D eigenvalue weighted by molar-refractivity contribution is -0.138. The Morgan fingerprint density at radius 2 is 2.05 bits per heavy atom. The van der Waals surface area contributed by atoms with E-state index in [9.17, 15) is 9.59 Å². The van der Waals surface area contributed by atoms with Crippen molar-refractivity contribution in [1.29, 1.82) is 0 Å². The molecule has 0 aromatic rings. The standard InChI is InChI=1S/C14H24N2O3/c1-9(2)13-14(18)16(8-7-12(17)15-13)10-5-4-6-11(10)19-3/h9-11,13H,4-8H2,1-3H3,(H,15,17). The number of rotatable bonds is 3. The SMILES string of the molecule is COC1CCCC1N1CCC(=O)NC(C(C)C)C1=O. The highest BCUT2D eigenvalue weighted by Gasteiger charge is 2.40. The zero-order chi connectivity index (χ0) is 14.0. The van der Waals surface area contributed by atoms with Gasteiger partial charge in [-0.1, -0.05) is 13.8 Å². The Bertz CT molecular complexity index is 357. The molecule has 1 N–H and O–H groups in total.